The van der Waals surface area contributed by atoms with Crippen LogP contribution in [0.5, 0.6) is 0 Å². The highest BCUT2D eigenvalue weighted by molar-refractivity contribution is 6.05. The molecule has 2 aromatic rings. The van der Waals surface area contributed by atoms with E-state index in [-0.39, 0.29) is 11.8 Å². The Morgan fingerprint density at radius 3 is 2.76 bits per heavy atom. The maximum atomic E-state index is 12.4. The Kier molecular flexibility index (Phi) is 4.96. The molecule has 1 aromatic carbocycles. The molecule has 0 saturated heterocycles. The van der Waals surface area contributed by atoms with E-state index < -0.39 is 0 Å². The highest BCUT2D eigenvalue weighted by Crippen LogP contribution is 2.34. The van der Waals surface area contributed by atoms with Gasteiger partial charge in [-0.2, -0.15) is 5.10 Å². The van der Waals surface area contributed by atoms with Crippen LogP contribution in [0.15, 0.2) is 48.1 Å². The Labute approximate surface area is 170 Å². The molecule has 7 heteroatoms. The predicted molar refractivity (Wildman–Crippen MR) is 114 cm³/mol. The normalized spacial score (nSPS) is 16.4. The number of rotatable bonds is 4. The molecular weight excluding hydrogens is 366 g/mol. The van der Waals surface area contributed by atoms with E-state index in [2.05, 4.69) is 21.4 Å². The lowest BCUT2D eigenvalue weighted by molar-refractivity contribution is -0.112. The molecule has 1 aromatic heterocycles. The number of amides is 2. The van der Waals surface area contributed by atoms with Crippen LogP contribution in [0.2, 0.25) is 0 Å². The topological polar surface area (TPSA) is 70.5 Å². The second kappa shape index (κ2) is 7.58. The minimum absolute atomic E-state index is 0.0789. The van der Waals surface area contributed by atoms with Crippen molar-refractivity contribution in [2.45, 2.75) is 26.8 Å². The van der Waals surface area contributed by atoms with E-state index in [9.17, 15) is 9.59 Å². The summed E-state index contributed by atoms with van der Waals surface area (Å²) in [6.45, 7) is 6.01. The van der Waals surface area contributed by atoms with Gasteiger partial charge in [0.25, 0.3) is 11.8 Å². The first-order valence-corrected chi connectivity index (χ1v) is 9.86. The molecule has 0 spiro atoms. The molecule has 29 heavy (non-hydrogen) atoms. The number of anilines is 3. The quantitative estimate of drug-likeness (QED) is 0.642. The molecule has 1 N–H and O–H groups in total. The van der Waals surface area contributed by atoms with Gasteiger partial charge in [-0.1, -0.05) is 18.2 Å². The van der Waals surface area contributed by atoms with Crippen molar-refractivity contribution >= 4 is 29.1 Å². The molecule has 7 nitrogen and oxygen atoms in total. The molecule has 150 valence electrons. The van der Waals surface area contributed by atoms with Crippen LogP contribution in [-0.4, -0.2) is 46.6 Å². The molecule has 0 fully saturated rings. The monoisotopic (exact) mass is 391 g/mol. The van der Waals surface area contributed by atoms with Crippen molar-refractivity contribution in [2.75, 3.05) is 30.4 Å². The molecule has 3 heterocycles. The minimum Gasteiger partial charge on any atom is -0.341 e. The van der Waals surface area contributed by atoms with Crippen molar-refractivity contribution in [2.24, 2.45) is 0 Å². The van der Waals surface area contributed by atoms with Gasteiger partial charge >= 0.3 is 0 Å². The summed E-state index contributed by atoms with van der Waals surface area (Å²) in [6, 6.07) is 7.90. The van der Waals surface area contributed by atoms with Crippen molar-refractivity contribution in [3.63, 3.8) is 0 Å². The van der Waals surface area contributed by atoms with Crippen LogP contribution in [0.3, 0.4) is 0 Å². The summed E-state index contributed by atoms with van der Waals surface area (Å²) in [5.74, 6) is 1.38. The second-order valence-electron chi connectivity index (χ2n) is 7.28. The van der Waals surface area contributed by atoms with Crippen molar-refractivity contribution in [1.82, 2.24) is 14.7 Å². The number of carbonyl (C=O) groups is 2. The van der Waals surface area contributed by atoms with Crippen molar-refractivity contribution < 1.29 is 9.59 Å². The Balaban J connectivity index is 1.57. The SMILES string of the molecule is C/C=C\C(=C/C)C(=O)Nc1cc2n(n1)CCN2c1ccc2c(c1)CCN(C)C2=O. The lowest BCUT2D eigenvalue weighted by Crippen LogP contribution is -2.34. The molecule has 0 radical (unpaired) electrons. The van der Waals surface area contributed by atoms with Gasteiger partial charge in [-0.3, -0.25) is 9.59 Å². The number of aromatic nitrogens is 2. The second-order valence-corrected chi connectivity index (χ2v) is 7.28. The van der Waals surface area contributed by atoms with Crippen LogP contribution in [0.25, 0.3) is 0 Å². The van der Waals surface area contributed by atoms with Gasteiger partial charge in [-0.05, 0) is 44.0 Å². The lowest BCUT2D eigenvalue weighted by Gasteiger charge is -2.26. The maximum absolute atomic E-state index is 12.4. The number of nitrogens with one attached hydrogen (secondary N) is 1. The Morgan fingerprint density at radius 1 is 1.17 bits per heavy atom. The number of fused-ring (bicyclic) bond motifs is 2. The van der Waals surface area contributed by atoms with Crippen LogP contribution < -0.4 is 10.2 Å². The van der Waals surface area contributed by atoms with E-state index in [1.807, 2.05) is 49.9 Å². The van der Waals surface area contributed by atoms with Crippen molar-refractivity contribution in [3.05, 3.63) is 59.2 Å². The fraction of sp³-hybridized carbons (Fsp3) is 0.318. The van der Waals surface area contributed by atoms with Gasteiger partial charge in [0, 0.05) is 43.0 Å². The number of hydrogen-bond donors (Lipinski definition) is 1. The first-order chi connectivity index (χ1) is 14.0. The number of nitrogens with zero attached hydrogens (tertiary/aromatic N) is 4. The average molecular weight is 391 g/mol. The smallest absolute Gasteiger partial charge is 0.256 e. The molecule has 0 saturated carbocycles. The standard InChI is InChI=1S/C22H25N5O2/c1-4-6-15(5-2)21(28)23-19-14-20-26(11-12-27(20)24-19)17-7-8-18-16(13-17)9-10-25(3)22(18)29/h4-8,13-14H,9-12H2,1-3H3,(H,23,24,28)/b6-4-,15-5+. The molecule has 2 amide bonds. The lowest BCUT2D eigenvalue weighted by atomic mass is 9.98. The van der Waals surface area contributed by atoms with E-state index in [1.165, 1.54) is 0 Å². The largest absolute Gasteiger partial charge is 0.341 e. The van der Waals surface area contributed by atoms with Gasteiger partial charge in [-0.15, -0.1) is 0 Å². The van der Waals surface area contributed by atoms with Crippen LogP contribution in [0.1, 0.15) is 29.8 Å². The zero-order valence-electron chi connectivity index (χ0n) is 17.0. The van der Waals surface area contributed by atoms with E-state index in [4.69, 9.17) is 0 Å². The average Bonchev–Trinajstić information content (AvgIpc) is 3.28. The summed E-state index contributed by atoms with van der Waals surface area (Å²) < 4.78 is 1.90. The molecule has 4 rings (SSSR count). The first-order valence-electron chi connectivity index (χ1n) is 9.86. The number of allylic oxidation sites excluding steroid dienone is 2. The van der Waals surface area contributed by atoms with Crippen LogP contribution in [0, 0.1) is 0 Å². The molecule has 2 aliphatic rings. The first kappa shape index (κ1) is 19.0. The van der Waals surface area contributed by atoms with E-state index >= 15 is 0 Å². The third kappa shape index (κ3) is 3.44. The Bertz CT molecular complexity index is 1030. The molecular formula is C22H25N5O2. The van der Waals surface area contributed by atoms with Gasteiger partial charge < -0.3 is 15.1 Å². The molecule has 2 aliphatic heterocycles. The molecule has 0 atom stereocenters. The summed E-state index contributed by atoms with van der Waals surface area (Å²) in [7, 11) is 1.84. The third-order valence-electron chi connectivity index (χ3n) is 5.43. The Hall–Kier alpha value is -3.35. The minimum atomic E-state index is -0.176. The van der Waals surface area contributed by atoms with Gasteiger partial charge in [-0.25, -0.2) is 4.68 Å². The summed E-state index contributed by atoms with van der Waals surface area (Å²) in [4.78, 5) is 28.7. The highest BCUT2D eigenvalue weighted by atomic mass is 16.2. The van der Waals surface area contributed by atoms with E-state index in [1.54, 1.807) is 17.1 Å². The predicted octanol–water partition coefficient (Wildman–Crippen LogP) is 3.12. The zero-order chi connectivity index (χ0) is 20.5. The number of hydrogen-bond acceptors (Lipinski definition) is 4. The molecule has 0 bridgehead atoms. The molecule has 0 aliphatic carbocycles. The Morgan fingerprint density at radius 2 is 2.00 bits per heavy atom. The third-order valence-corrected chi connectivity index (χ3v) is 5.43. The van der Waals surface area contributed by atoms with Crippen molar-refractivity contribution in [3.8, 4) is 0 Å². The van der Waals surface area contributed by atoms with Crippen LogP contribution in [-0.2, 0) is 17.8 Å². The zero-order valence-corrected chi connectivity index (χ0v) is 17.0. The fourth-order valence-corrected chi connectivity index (χ4v) is 3.85. The summed E-state index contributed by atoms with van der Waals surface area (Å²) in [5.41, 5.74) is 3.51. The van der Waals surface area contributed by atoms with E-state index in [0.29, 0.717) is 11.4 Å². The summed E-state index contributed by atoms with van der Waals surface area (Å²) in [5, 5.41) is 7.40. The van der Waals surface area contributed by atoms with Crippen LogP contribution >= 0.6 is 0 Å². The number of benzene rings is 1. The summed E-state index contributed by atoms with van der Waals surface area (Å²) >= 11 is 0. The van der Waals surface area contributed by atoms with Gasteiger partial charge in [0.2, 0.25) is 0 Å². The van der Waals surface area contributed by atoms with Crippen molar-refractivity contribution in [1.29, 1.82) is 0 Å². The number of carbonyl (C=O) groups excluding carboxylic acids is 2. The van der Waals surface area contributed by atoms with Gasteiger partial charge in [0.1, 0.15) is 5.82 Å². The van der Waals surface area contributed by atoms with Gasteiger partial charge in [0.15, 0.2) is 5.82 Å². The number of likely N-dealkylation sites (N-methyl/N-ethyl adjacent to an activating group) is 1. The van der Waals surface area contributed by atoms with Crippen LogP contribution in [0.4, 0.5) is 17.3 Å². The van der Waals surface area contributed by atoms with Gasteiger partial charge in [0.05, 0.1) is 6.54 Å². The fourth-order valence-electron chi connectivity index (χ4n) is 3.85. The molecule has 0 unspecified atom stereocenters. The highest BCUT2D eigenvalue weighted by Gasteiger charge is 2.26. The van der Waals surface area contributed by atoms with E-state index in [0.717, 1.165) is 48.7 Å². The maximum Gasteiger partial charge on any atom is 0.256 e. The summed E-state index contributed by atoms with van der Waals surface area (Å²) in [6.07, 6.45) is 6.24.